The number of aromatic amines is 1. The second-order valence-corrected chi connectivity index (χ2v) is 6.43. The average Bonchev–Trinajstić information content (AvgIpc) is 3.09. The molecule has 0 aliphatic carbocycles. The first kappa shape index (κ1) is 18.0. The van der Waals surface area contributed by atoms with Gasteiger partial charge in [0.25, 0.3) is 13.4 Å². The number of fused-ring (bicyclic) bond motifs is 2. The van der Waals surface area contributed by atoms with Crippen LogP contribution in [0.3, 0.4) is 0 Å². The van der Waals surface area contributed by atoms with Crippen molar-refractivity contribution in [3.05, 3.63) is 16.7 Å². The van der Waals surface area contributed by atoms with Gasteiger partial charge in [0.1, 0.15) is 18.3 Å². The van der Waals surface area contributed by atoms with Crippen LogP contribution in [0.2, 0.25) is 0 Å². The number of nitrogens with two attached hydrogens (primary N) is 1. The Bertz CT molecular complexity index is 886. The van der Waals surface area contributed by atoms with Crippen LogP contribution in [0.5, 0.6) is 0 Å². The predicted octanol–water partition coefficient (Wildman–Crippen LogP) is -5.15. The van der Waals surface area contributed by atoms with Crippen molar-refractivity contribution in [2.24, 2.45) is 0 Å². The number of aromatic nitrogens is 4. The van der Waals surface area contributed by atoms with Gasteiger partial charge in [-0.15, -0.1) is 0 Å². The van der Waals surface area contributed by atoms with Gasteiger partial charge in [-0.3, -0.25) is 18.9 Å². The normalized spacial score (nSPS) is 35.1. The van der Waals surface area contributed by atoms with Crippen LogP contribution in [0.15, 0.2) is 11.1 Å². The summed E-state index contributed by atoms with van der Waals surface area (Å²) in [6.07, 6.45) is -2.68. The number of imidazole rings is 1. The number of nitrogens with zero attached hydrogens (tertiary/aromatic N) is 3. The number of hydrogen-bond donors (Lipinski definition) is 3. The Morgan fingerprint density at radius 2 is 2.17 bits per heavy atom. The van der Waals surface area contributed by atoms with E-state index in [2.05, 4.69) is 15.0 Å². The molecule has 124 valence electrons. The quantitative estimate of drug-likeness (QED) is 0.343. The number of anilines is 1. The summed E-state index contributed by atoms with van der Waals surface area (Å²) in [5.74, 6) is -0.129. The number of H-pyrrole nitrogens is 1. The van der Waals surface area contributed by atoms with Crippen molar-refractivity contribution in [2.75, 3.05) is 12.3 Å². The molecule has 2 saturated heterocycles. The van der Waals surface area contributed by atoms with E-state index >= 15 is 0 Å². The summed E-state index contributed by atoms with van der Waals surface area (Å²) in [4.78, 5) is 33.5. The first-order valence-electron chi connectivity index (χ1n) is 6.56. The predicted molar refractivity (Wildman–Crippen MR) is 70.9 cm³/mol. The van der Waals surface area contributed by atoms with Crippen LogP contribution in [0.1, 0.15) is 6.23 Å². The molecule has 5 unspecified atom stereocenters. The molecule has 24 heavy (non-hydrogen) atoms. The molecule has 2 aromatic rings. The van der Waals surface area contributed by atoms with Gasteiger partial charge in [-0.25, -0.2) is 4.98 Å². The maximum Gasteiger partial charge on any atom is 1.00 e. The summed E-state index contributed by atoms with van der Waals surface area (Å²) >= 11 is 0. The van der Waals surface area contributed by atoms with Gasteiger partial charge in [-0.1, -0.05) is 0 Å². The van der Waals surface area contributed by atoms with Crippen LogP contribution in [0.4, 0.5) is 5.95 Å². The first-order valence-corrected chi connectivity index (χ1v) is 8.02. The van der Waals surface area contributed by atoms with Crippen molar-refractivity contribution in [2.45, 2.75) is 24.5 Å². The third-order valence-corrected chi connectivity index (χ3v) is 4.70. The number of aliphatic hydroxyl groups excluding tert-OH is 1. The maximum absolute atomic E-state index is 11.8. The number of aliphatic hydroxyl groups is 1. The second-order valence-electron chi connectivity index (χ2n) is 5.11. The van der Waals surface area contributed by atoms with Gasteiger partial charge in [0.15, 0.2) is 17.4 Å². The minimum absolute atomic E-state index is 0. The fraction of sp³-hybridized carbons (Fsp3) is 0.500. The van der Waals surface area contributed by atoms with Gasteiger partial charge >= 0.3 is 29.6 Å². The van der Waals surface area contributed by atoms with E-state index in [9.17, 15) is 19.4 Å². The summed E-state index contributed by atoms with van der Waals surface area (Å²) in [5.41, 5.74) is 5.08. The fourth-order valence-corrected chi connectivity index (χ4v) is 3.90. The van der Waals surface area contributed by atoms with E-state index in [0.29, 0.717) is 0 Å². The van der Waals surface area contributed by atoms with Gasteiger partial charge in [0.2, 0.25) is 5.95 Å². The van der Waals surface area contributed by atoms with E-state index < -0.39 is 44.5 Å². The van der Waals surface area contributed by atoms with Crippen molar-refractivity contribution in [3.63, 3.8) is 0 Å². The Balaban J connectivity index is 0.00000169. The first-order chi connectivity index (χ1) is 10.9. The summed E-state index contributed by atoms with van der Waals surface area (Å²) in [7, 11) is -4.48. The monoisotopic (exact) mass is 367 g/mol. The Kier molecular flexibility index (Phi) is 4.62. The molecule has 4 N–H and O–H groups in total. The maximum atomic E-state index is 11.8. The summed E-state index contributed by atoms with van der Waals surface area (Å²) in [5, 5.41) is 9.33. The van der Waals surface area contributed by atoms with E-state index in [-0.39, 0.29) is 46.7 Å². The van der Waals surface area contributed by atoms with Gasteiger partial charge in [-0.05, 0) is 0 Å². The minimum Gasteiger partial charge on any atom is -0.756 e. The van der Waals surface area contributed by atoms with Crippen LogP contribution in [0, 0.1) is 0 Å². The Hall–Kier alpha value is -0.820. The fourth-order valence-electron chi connectivity index (χ4n) is 2.77. The molecule has 12 nitrogen and oxygen atoms in total. The zero-order valence-corrected chi connectivity index (χ0v) is 15.3. The molecule has 0 saturated carbocycles. The van der Waals surface area contributed by atoms with Crippen LogP contribution in [0.25, 0.3) is 11.2 Å². The number of hydrogen-bond acceptors (Lipinski definition) is 10. The molecule has 0 radical (unpaired) electrons. The third-order valence-electron chi connectivity index (χ3n) is 3.69. The number of rotatable bonds is 2. The molecule has 2 aliphatic rings. The molecule has 2 aliphatic heterocycles. The molecule has 0 spiro atoms. The van der Waals surface area contributed by atoms with Crippen molar-refractivity contribution in [1.82, 2.24) is 19.5 Å². The molecule has 5 atom stereocenters. The molecule has 4 rings (SSSR count). The molecule has 2 fully saturated rings. The zero-order valence-electron chi connectivity index (χ0n) is 12.4. The van der Waals surface area contributed by atoms with Crippen LogP contribution in [-0.2, 0) is 18.3 Å². The van der Waals surface area contributed by atoms with Crippen LogP contribution in [-0.4, -0.2) is 49.5 Å². The molecular weight excluding hydrogens is 356 g/mol. The summed E-state index contributed by atoms with van der Waals surface area (Å²) in [6.45, 7) is -0.468. The van der Waals surface area contributed by atoms with Crippen molar-refractivity contribution < 1.29 is 57.9 Å². The number of ether oxygens (including phenoxy) is 1. The molecular formula is C10H11N5NaO7P. The molecule has 2 aromatic heterocycles. The molecule has 0 bridgehead atoms. The van der Waals surface area contributed by atoms with Crippen LogP contribution < -0.4 is 45.7 Å². The number of phosphoric acid groups is 1. The van der Waals surface area contributed by atoms with Gasteiger partial charge in [-0.2, -0.15) is 4.98 Å². The third kappa shape index (κ3) is 2.73. The van der Waals surface area contributed by atoms with Crippen molar-refractivity contribution >= 4 is 24.9 Å². The van der Waals surface area contributed by atoms with Gasteiger partial charge in [0, 0.05) is 0 Å². The topological polar surface area (TPSA) is 178 Å². The number of nitrogen functional groups attached to an aromatic ring is 1. The van der Waals surface area contributed by atoms with Gasteiger partial charge in [0.05, 0.1) is 12.9 Å². The van der Waals surface area contributed by atoms with E-state index in [1.807, 2.05) is 0 Å². The molecule has 14 heteroatoms. The molecule has 0 aromatic carbocycles. The summed E-state index contributed by atoms with van der Waals surface area (Å²) < 4.78 is 28.1. The zero-order chi connectivity index (χ0) is 16.4. The van der Waals surface area contributed by atoms with E-state index in [4.69, 9.17) is 19.5 Å². The second kappa shape index (κ2) is 6.16. The Labute approximate surface area is 155 Å². The smallest absolute Gasteiger partial charge is 0.756 e. The SMILES string of the molecule is Nc1nc2c(ncn2C2OC(CO)C3OP(=O)([O-])OC32)c(=O)[nH]1.[Na+]. The molecule has 4 heterocycles. The van der Waals surface area contributed by atoms with Gasteiger partial charge < -0.3 is 29.5 Å². The largest absolute Gasteiger partial charge is 1.00 e. The van der Waals surface area contributed by atoms with Crippen LogP contribution >= 0.6 is 7.82 Å². The van der Waals surface area contributed by atoms with E-state index in [0.717, 1.165) is 0 Å². The summed E-state index contributed by atoms with van der Waals surface area (Å²) in [6, 6.07) is 0. The van der Waals surface area contributed by atoms with E-state index in [1.165, 1.54) is 10.9 Å². The average molecular weight is 367 g/mol. The van der Waals surface area contributed by atoms with Crippen molar-refractivity contribution in [1.29, 1.82) is 0 Å². The number of nitrogens with one attached hydrogen (secondary N) is 1. The minimum atomic E-state index is -4.48. The Morgan fingerprint density at radius 3 is 2.88 bits per heavy atom. The molecule has 0 amide bonds. The Morgan fingerprint density at radius 1 is 1.46 bits per heavy atom. The van der Waals surface area contributed by atoms with E-state index in [1.54, 1.807) is 0 Å². The number of phosphoric ester groups is 1. The van der Waals surface area contributed by atoms with Crippen molar-refractivity contribution in [3.8, 4) is 0 Å². The standard InChI is InChI=1S/C10H12N5O7P.Na/c11-10-13-7-4(8(17)14-10)12-2-15(7)9-6-5(3(1-16)20-9)21-23(18,19)22-6;/h2-3,5-6,9,16H,1H2,(H,18,19)(H3,11,13,14,17);/q;+1/p-1.